The van der Waals surface area contributed by atoms with Crippen molar-refractivity contribution in [3.63, 3.8) is 0 Å². The molecule has 2 N–H and O–H groups in total. The second kappa shape index (κ2) is 16.8. The lowest BCUT2D eigenvalue weighted by atomic mass is 10.2. The van der Waals surface area contributed by atoms with Gasteiger partial charge in [0.25, 0.3) is 0 Å². The summed E-state index contributed by atoms with van der Waals surface area (Å²) in [5.41, 5.74) is 0. The first-order valence-corrected chi connectivity index (χ1v) is 7.69. The van der Waals surface area contributed by atoms with E-state index in [9.17, 15) is 4.79 Å². The fraction of sp³-hybridized carbons (Fsp3) is 0.867. The summed E-state index contributed by atoms with van der Waals surface area (Å²) in [4.78, 5) is 15.1. The molecule has 0 atom stereocenters. The third-order valence-corrected chi connectivity index (χ3v) is 2.76. The molecule has 7 heteroatoms. The largest absolute Gasteiger partial charge is 0.469 e. The zero-order valence-electron chi connectivity index (χ0n) is 14.3. The summed E-state index contributed by atoms with van der Waals surface area (Å²) >= 11 is 0. The van der Waals surface area contributed by atoms with Crippen LogP contribution in [-0.2, 0) is 14.3 Å². The lowest BCUT2D eigenvalue weighted by Gasteiger charge is -2.12. The van der Waals surface area contributed by atoms with Gasteiger partial charge in [0.2, 0.25) is 0 Å². The third-order valence-electron chi connectivity index (χ3n) is 2.76. The van der Waals surface area contributed by atoms with Crippen molar-refractivity contribution in [2.24, 2.45) is 10.9 Å². The Hall–Kier alpha value is -0.570. The Balaban J connectivity index is 0. The summed E-state index contributed by atoms with van der Waals surface area (Å²) in [6.07, 6.45) is 3.15. The molecule has 0 fully saturated rings. The highest BCUT2D eigenvalue weighted by Gasteiger charge is 2.00. The van der Waals surface area contributed by atoms with Gasteiger partial charge in [0.1, 0.15) is 0 Å². The minimum absolute atomic E-state index is 0. The van der Waals surface area contributed by atoms with Crippen molar-refractivity contribution >= 4 is 35.9 Å². The number of esters is 1. The third kappa shape index (κ3) is 15.8. The molecule has 0 aliphatic carbocycles. The highest BCUT2D eigenvalue weighted by molar-refractivity contribution is 14.0. The van der Waals surface area contributed by atoms with E-state index in [1.54, 1.807) is 7.05 Å². The smallest absolute Gasteiger partial charge is 0.305 e. The van der Waals surface area contributed by atoms with Gasteiger partial charge in [-0.25, -0.2) is 0 Å². The molecule has 0 aromatic rings. The predicted octanol–water partition coefficient (Wildman–Crippen LogP) is 2.18. The molecule has 0 rings (SSSR count). The standard InChI is InChI=1S/C15H31N3O3.HI/c1-13(2)12-21-11-7-10-18-15(16-3)17-9-6-5-8-14(19)20-4;/h13H,5-12H2,1-4H3,(H2,16,17,18);1H. The molecule has 0 spiro atoms. The minimum atomic E-state index is -0.154. The summed E-state index contributed by atoms with van der Waals surface area (Å²) in [7, 11) is 3.16. The van der Waals surface area contributed by atoms with Gasteiger partial charge in [0, 0.05) is 39.8 Å². The summed E-state index contributed by atoms with van der Waals surface area (Å²) < 4.78 is 10.1. The Labute approximate surface area is 151 Å². The van der Waals surface area contributed by atoms with Gasteiger partial charge in [0.15, 0.2) is 5.96 Å². The van der Waals surface area contributed by atoms with Crippen LogP contribution in [0.1, 0.15) is 39.5 Å². The van der Waals surface area contributed by atoms with Gasteiger partial charge in [0.05, 0.1) is 7.11 Å². The van der Waals surface area contributed by atoms with E-state index in [2.05, 4.69) is 34.2 Å². The average molecular weight is 429 g/mol. The van der Waals surface area contributed by atoms with E-state index in [0.29, 0.717) is 12.3 Å². The number of rotatable bonds is 11. The topological polar surface area (TPSA) is 72.0 Å². The molecule has 0 heterocycles. The average Bonchev–Trinajstić information content (AvgIpc) is 2.47. The van der Waals surface area contributed by atoms with Crippen LogP contribution in [0.15, 0.2) is 4.99 Å². The Morgan fingerprint density at radius 3 is 2.32 bits per heavy atom. The monoisotopic (exact) mass is 429 g/mol. The molecule has 132 valence electrons. The van der Waals surface area contributed by atoms with E-state index >= 15 is 0 Å². The van der Waals surface area contributed by atoms with Crippen LogP contribution >= 0.6 is 24.0 Å². The number of hydrogen-bond donors (Lipinski definition) is 2. The molecule has 22 heavy (non-hydrogen) atoms. The molecule has 0 aromatic heterocycles. The van der Waals surface area contributed by atoms with E-state index in [4.69, 9.17) is 4.74 Å². The highest BCUT2D eigenvalue weighted by Crippen LogP contribution is 1.95. The number of unbranched alkanes of at least 4 members (excludes halogenated alkanes) is 1. The number of hydrogen-bond acceptors (Lipinski definition) is 4. The fourth-order valence-corrected chi connectivity index (χ4v) is 1.62. The van der Waals surface area contributed by atoms with Crippen LogP contribution in [0, 0.1) is 5.92 Å². The van der Waals surface area contributed by atoms with Crippen LogP contribution in [0.2, 0.25) is 0 Å². The Kier molecular flexibility index (Phi) is 18.1. The van der Waals surface area contributed by atoms with Gasteiger partial charge in [-0.1, -0.05) is 13.8 Å². The van der Waals surface area contributed by atoms with E-state index in [1.165, 1.54) is 7.11 Å². The maximum atomic E-state index is 10.9. The molecule has 0 aromatic carbocycles. The maximum absolute atomic E-state index is 10.9. The molecular weight excluding hydrogens is 397 g/mol. The molecule has 0 saturated carbocycles. The van der Waals surface area contributed by atoms with Gasteiger partial charge in [-0.15, -0.1) is 24.0 Å². The van der Waals surface area contributed by atoms with Crippen LogP contribution in [0.5, 0.6) is 0 Å². The number of nitrogens with zero attached hydrogens (tertiary/aromatic N) is 1. The van der Waals surface area contributed by atoms with Crippen molar-refractivity contribution in [2.45, 2.75) is 39.5 Å². The normalized spacial score (nSPS) is 11.0. The van der Waals surface area contributed by atoms with Crippen LogP contribution in [-0.4, -0.2) is 52.4 Å². The summed E-state index contributed by atoms with van der Waals surface area (Å²) in [5, 5.41) is 6.45. The van der Waals surface area contributed by atoms with Gasteiger partial charge in [-0.05, 0) is 25.2 Å². The zero-order chi connectivity index (χ0) is 15.9. The minimum Gasteiger partial charge on any atom is -0.469 e. The SMILES string of the molecule is CN=C(NCCCCC(=O)OC)NCCCOCC(C)C.I. The lowest BCUT2D eigenvalue weighted by Crippen LogP contribution is -2.38. The maximum Gasteiger partial charge on any atom is 0.305 e. The van der Waals surface area contributed by atoms with Gasteiger partial charge in [-0.3, -0.25) is 9.79 Å². The number of aliphatic imine (C=N–C) groups is 1. The number of methoxy groups -OCH3 is 1. The van der Waals surface area contributed by atoms with Crippen LogP contribution in [0.3, 0.4) is 0 Å². The van der Waals surface area contributed by atoms with E-state index in [1.807, 2.05) is 0 Å². The first-order chi connectivity index (χ1) is 10.1. The van der Waals surface area contributed by atoms with Gasteiger partial charge < -0.3 is 20.1 Å². The molecule has 0 saturated heterocycles. The summed E-state index contributed by atoms with van der Waals surface area (Å²) in [5.74, 6) is 1.22. The number of guanidine groups is 1. The fourth-order valence-electron chi connectivity index (χ4n) is 1.62. The van der Waals surface area contributed by atoms with E-state index in [-0.39, 0.29) is 29.9 Å². The molecule has 0 unspecified atom stereocenters. The van der Waals surface area contributed by atoms with Crippen molar-refractivity contribution in [3.05, 3.63) is 0 Å². The van der Waals surface area contributed by atoms with Crippen molar-refractivity contribution < 1.29 is 14.3 Å². The molecule has 0 bridgehead atoms. The van der Waals surface area contributed by atoms with Crippen molar-refractivity contribution in [3.8, 4) is 0 Å². The first kappa shape index (κ1) is 23.7. The van der Waals surface area contributed by atoms with E-state index in [0.717, 1.165) is 51.5 Å². The summed E-state index contributed by atoms with van der Waals surface area (Å²) in [6.45, 7) is 7.49. The van der Waals surface area contributed by atoms with Crippen LogP contribution in [0.4, 0.5) is 0 Å². The Bertz CT molecular complexity index is 300. The predicted molar refractivity (Wildman–Crippen MR) is 101 cm³/mol. The second-order valence-electron chi connectivity index (χ2n) is 5.28. The molecule has 0 amide bonds. The van der Waals surface area contributed by atoms with Crippen LogP contribution in [0.25, 0.3) is 0 Å². The zero-order valence-corrected chi connectivity index (χ0v) is 16.6. The van der Waals surface area contributed by atoms with Crippen molar-refractivity contribution in [1.82, 2.24) is 10.6 Å². The number of ether oxygens (including phenoxy) is 2. The molecule has 6 nitrogen and oxygen atoms in total. The second-order valence-corrected chi connectivity index (χ2v) is 5.28. The number of carbonyl (C=O) groups excluding carboxylic acids is 1. The molecule has 0 aliphatic rings. The van der Waals surface area contributed by atoms with Crippen molar-refractivity contribution in [1.29, 1.82) is 0 Å². The summed E-state index contributed by atoms with van der Waals surface area (Å²) in [6, 6.07) is 0. The number of halogens is 1. The quantitative estimate of drug-likeness (QED) is 0.173. The Morgan fingerprint density at radius 2 is 1.77 bits per heavy atom. The van der Waals surface area contributed by atoms with Gasteiger partial charge >= 0.3 is 5.97 Å². The number of nitrogens with one attached hydrogen (secondary N) is 2. The van der Waals surface area contributed by atoms with Gasteiger partial charge in [-0.2, -0.15) is 0 Å². The van der Waals surface area contributed by atoms with E-state index < -0.39 is 0 Å². The highest BCUT2D eigenvalue weighted by atomic mass is 127. The molecular formula is C15H32IN3O3. The van der Waals surface area contributed by atoms with Crippen molar-refractivity contribution in [2.75, 3.05) is 40.5 Å². The lowest BCUT2D eigenvalue weighted by molar-refractivity contribution is -0.140. The van der Waals surface area contributed by atoms with Crippen LogP contribution < -0.4 is 10.6 Å². The Morgan fingerprint density at radius 1 is 1.14 bits per heavy atom. The molecule has 0 aliphatic heterocycles. The molecule has 0 radical (unpaired) electrons. The first-order valence-electron chi connectivity index (χ1n) is 7.69. The number of carbonyl (C=O) groups is 1.